The maximum Gasteiger partial charge on any atom is 0.290 e. The van der Waals surface area contributed by atoms with Gasteiger partial charge in [-0.2, -0.15) is 5.11 Å². The van der Waals surface area contributed by atoms with Crippen molar-refractivity contribution in [3.8, 4) is 11.3 Å². The molecule has 0 unspecified atom stereocenters. The lowest BCUT2D eigenvalue weighted by Gasteiger charge is -2.10. The first-order valence-electron chi connectivity index (χ1n) is 9.85. The average Bonchev–Trinajstić information content (AvgIpc) is 2.84. The van der Waals surface area contributed by atoms with Gasteiger partial charge in [0.05, 0.1) is 16.2 Å². The Morgan fingerprint density at radius 1 is 0.941 bits per heavy atom. The smallest absolute Gasteiger partial charge is 0.290 e. The summed E-state index contributed by atoms with van der Waals surface area (Å²) in [5, 5.41) is 20.0. The second-order valence-corrected chi connectivity index (χ2v) is 7.93. The van der Waals surface area contributed by atoms with Crippen LogP contribution in [0.5, 0.6) is 0 Å². The molecular formula is C24H15Cl2N5O3. The summed E-state index contributed by atoms with van der Waals surface area (Å²) in [5.41, 5.74) is 7.90. The number of pyridine rings is 1. The Kier molecular flexibility index (Phi) is 6.62. The molecule has 1 aromatic heterocycles. The van der Waals surface area contributed by atoms with Gasteiger partial charge < -0.3 is 5.73 Å². The number of carbonyl (C=O) groups is 1. The zero-order valence-electron chi connectivity index (χ0n) is 17.4. The lowest BCUT2D eigenvalue weighted by Crippen LogP contribution is -2.07. The number of carbonyl (C=O) groups excluding carboxylic acids is 1. The van der Waals surface area contributed by atoms with Crippen molar-refractivity contribution in [1.29, 1.82) is 0 Å². The number of aromatic nitrogens is 1. The summed E-state index contributed by atoms with van der Waals surface area (Å²) < 4.78 is 0. The predicted molar refractivity (Wildman–Crippen MR) is 131 cm³/mol. The Bertz CT molecular complexity index is 1420. The number of hydrogen-bond acceptors (Lipinski definition) is 7. The molecule has 8 nitrogen and oxygen atoms in total. The van der Waals surface area contributed by atoms with E-state index in [1.165, 1.54) is 24.3 Å². The maximum atomic E-state index is 13.0. The molecule has 168 valence electrons. The normalized spacial score (nSPS) is 11.0. The highest BCUT2D eigenvalue weighted by Gasteiger charge is 2.19. The number of nitrogens with two attached hydrogens (primary N) is 1. The first kappa shape index (κ1) is 23.0. The van der Waals surface area contributed by atoms with Gasteiger partial charge in [-0.15, -0.1) is 5.11 Å². The van der Waals surface area contributed by atoms with Crippen LogP contribution < -0.4 is 5.73 Å². The molecule has 0 spiro atoms. The monoisotopic (exact) mass is 491 g/mol. The number of benzene rings is 3. The fourth-order valence-electron chi connectivity index (χ4n) is 3.16. The van der Waals surface area contributed by atoms with Crippen LogP contribution in [0.3, 0.4) is 0 Å². The minimum Gasteiger partial charge on any atom is -0.383 e. The van der Waals surface area contributed by atoms with Gasteiger partial charge in [-0.25, -0.2) is 4.98 Å². The molecule has 0 bridgehead atoms. The van der Waals surface area contributed by atoms with Gasteiger partial charge in [0.1, 0.15) is 22.2 Å². The van der Waals surface area contributed by atoms with E-state index in [0.29, 0.717) is 21.8 Å². The molecular weight excluding hydrogens is 477 g/mol. The van der Waals surface area contributed by atoms with Gasteiger partial charge in [-0.3, -0.25) is 14.9 Å². The van der Waals surface area contributed by atoms with E-state index in [9.17, 15) is 14.9 Å². The summed E-state index contributed by atoms with van der Waals surface area (Å²) in [6.45, 7) is 0. The van der Waals surface area contributed by atoms with Crippen LogP contribution in [0.15, 0.2) is 89.1 Å². The third-order valence-electron chi connectivity index (χ3n) is 4.83. The number of nitrogen functional groups attached to an aromatic ring is 1. The molecule has 2 N–H and O–H groups in total. The van der Waals surface area contributed by atoms with Crippen LogP contribution in [0.1, 0.15) is 15.9 Å². The van der Waals surface area contributed by atoms with E-state index in [-0.39, 0.29) is 39.2 Å². The second-order valence-electron chi connectivity index (χ2n) is 7.08. The van der Waals surface area contributed by atoms with Crippen LogP contribution in [-0.4, -0.2) is 15.7 Å². The number of nitro groups is 1. The van der Waals surface area contributed by atoms with Gasteiger partial charge >= 0.3 is 0 Å². The van der Waals surface area contributed by atoms with Crippen molar-refractivity contribution in [2.45, 2.75) is 0 Å². The van der Waals surface area contributed by atoms with E-state index in [1.54, 1.807) is 54.6 Å². The standard InChI is InChI=1S/C24H15Cl2N5O3/c25-16-8-6-14(7-9-16)22-20(30-29-17-10-11-19(26)21(12-17)31(33)34)13-18(24(27)28-22)23(32)15-4-2-1-3-5-15/h1-13H,(H2,27,28). The minimum absolute atomic E-state index is 0.0179. The van der Waals surface area contributed by atoms with Gasteiger partial charge in [-0.1, -0.05) is 65.7 Å². The summed E-state index contributed by atoms with van der Waals surface area (Å²) in [5.74, 6) is -0.299. The van der Waals surface area contributed by atoms with E-state index in [1.807, 2.05) is 0 Å². The first-order chi connectivity index (χ1) is 16.3. The van der Waals surface area contributed by atoms with Crippen LogP contribution in [0, 0.1) is 10.1 Å². The molecule has 0 saturated heterocycles. The molecule has 0 aliphatic rings. The third kappa shape index (κ3) is 4.93. The summed E-state index contributed by atoms with van der Waals surface area (Å²) in [7, 11) is 0. The number of nitro benzene ring substituents is 1. The second kappa shape index (κ2) is 9.78. The molecule has 4 aromatic rings. The van der Waals surface area contributed by atoms with Gasteiger partial charge in [0.15, 0.2) is 5.78 Å². The molecule has 1 heterocycles. The number of rotatable bonds is 6. The lowest BCUT2D eigenvalue weighted by molar-refractivity contribution is -0.384. The Morgan fingerprint density at radius 2 is 1.65 bits per heavy atom. The van der Waals surface area contributed by atoms with E-state index >= 15 is 0 Å². The van der Waals surface area contributed by atoms with Gasteiger partial charge in [0.25, 0.3) is 5.69 Å². The molecule has 0 atom stereocenters. The molecule has 3 aromatic carbocycles. The van der Waals surface area contributed by atoms with Gasteiger partial charge in [-0.05, 0) is 30.3 Å². The van der Waals surface area contributed by atoms with E-state index in [4.69, 9.17) is 28.9 Å². The molecule has 0 aliphatic carbocycles. The Hall–Kier alpha value is -4.14. The summed E-state index contributed by atoms with van der Waals surface area (Å²) in [6.07, 6.45) is 0. The van der Waals surface area contributed by atoms with Crippen molar-refractivity contribution in [1.82, 2.24) is 4.98 Å². The molecule has 34 heavy (non-hydrogen) atoms. The number of nitrogens with zero attached hydrogens (tertiary/aromatic N) is 4. The van der Waals surface area contributed by atoms with Crippen LogP contribution in [0.2, 0.25) is 10.0 Å². The largest absolute Gasteiger partial charge is 0.383 e. The van der Waals surface area contributed by atoms with Crippen LogP contribution >= 0.6 is 23.2 Å². The van der Waals surface area contributed by atoms with Gasteiger partial charge in [0.2, 0.25) is 0 Å². The average molecular weight is 492 g/mol. The highest BCUT2D eigenvalue weighted by molar-refractivity contribution is 6.32. The summed E-state index contributed by atoms with van der Waals surface area (Å²) in [4.78, 5) is 28.0. The topological polar surface area (TPSA) is 124 Å². The Balaban J connectivity index is 1.83. The quantitative estimate of drug-likeness (QED) is 0.132. The zero-order chi connectivity index (χ0) is 24.2. The maximum absolute atomic E-state index is 13.0. The van der Waals surface area contributed by atoms with Crippen molar-refractivity contribution >= 4 is 51.9 Å². The molecule has 0 amide bonds. The zero-order valence-corrected chi connectivity index (χ0v) is 18.9. The van der Waals surface area contributed by atoms with Crippen molar-refractivity contribution in [3.05, 3.63) is 110 Å². The molecule has 0 fully saturated rings. The first-order valence-corrected chi connectivity index (χ1v) is 10.6. The van der Waals surface area contributed by atoms with Crippen LogP contribution in [-0.2, 0) is 0 Å². The van der Waals surface area contributed by atoms with E-state index < -0.39 is 4.92 Å². The molecule has 0 radical (unpaired) electrons. The summed E-state index contributed by atoms with van der Waals surface area (Å²) >= 11 is 11.9. The molecule has 10 heteroatoms. The number of halogens is 2. The lowest BCUT2D eigenvalue weighted by atomic mass is 10.0. The van der Waals surface area contributed by atoms with Gasteiger partial charge in [0, 0.05) is 22.2 Å². The Morgan fingerprint density at radius 3 is 2.32 bits per heavy atom. The summed E-state index contributed by atoms with van der Waals surface area (Å²) in [6, 6.07) is 21.0. The van der Waals surface area contributed by atoms with Crippen LogP contribution in [0.4, 0.5) is 22.9 Å². The van der Waals surface area contributed by atoms with Crippen molar-refractivity contribution in [2.24, 2.45) is 10.2 Å². The molecule has 4 rings (SSSR count). The fourth-order valence-corrected chi connectivity index (χ4v) is 3.47. The predicted octanol–water partition coefficient (Wildman–Crippen LogP) is 7.19. The number of azo groups is 1. The number of hydrogen-bond donors (Lipinski definition) is 1. The third-order valence-corrected chi connectivity index (χ3v) is 5.40. The van der Waals surface area contributed by atoms with Crippen molar-refractivity contribution in [2.75, 3.05) is 5.73 Å². The molecule has 0 saturated carbocycles. The minimum atomic E-state index is -0.609. The highest BCUT2D eigenvalue weighted by atomic mass is 35.5. The molecule has 0 aliphatic heterocycles. The SMILES string of the molecule is Nc1nc(-c2ccc(Cl)cc2)c(N=Nc2ccc(Cl)c([N+](=O)[O-])c2)cc1C(=O)c1ccccc1. The van der Waals surface area contributed by atoms with E-state index in [0.717, 1.165) is 0 Å². The Labute approximate surface area is 203 Å². The van der Waals surface area contributed by atoms with Crippen molar-refractivity contribution < 1.29 is 9.72 Å². The fraction of sp³-hybridized carbons (Fsp3) is 0. The number of anilines is 1. The highest BCUT2D eigenvalue weighted by Crippen LogP contribution is 2.35. The van der Waals surface area contributed by atoms with Crippen molar-refractivity contribution in [3.63, 3.8) is 0 Å². The number of ketones is 1. The van der Waals surface area contributed by atoms with Crippen LogP contribution in [0.25, 0.3) is 11.3 Å². The van der Waals surface area contributed by atoms with E-state index in [2.05, 4.69) is 15.2 Å².